The molecule has 0 amide bonds. The molecule has 1 N–H and O–H groups in total. The van der Waals surface area contributed by atoms with Gasteiger partial charge in [-0.25, -0.2) is 4.39 Å². The Hall–Kier alpha value is -0.640. The summed E-state index contributed by atoms with van der Waals surface area (Å²) in [6.45, 7) is 3.70. The maximum atomic E-state index is 13.3. The van der Waals surface area contributed by atoms with Crippen LogP contribution in [-0.2, 0) is 4.74 Å². The van der Waals surface area contributed by atoms with Crippen molar-refractivity contribution < 1.29 is 9.13 Å². The van der Waals surface area contributed by atoms with E-state index < -0.39 is 0 Å². The quantitative estimate of drug-likeness (QED) is 0.724. The Bertz CT molecular complexity index is 360. The van der Waals surface area contributed by atoms with E-state index in [1.807, 2.05) is 0 Å². The smallest absolute Gasteiger partial charge is 0.123 e. The molecule has 0 saturated heterocycles. The normalized spacial score (nSPS) is 12.7. The van der Waals surface area contributed by atoms with Crippen LogP contribution in [-0.4, -0.2) is 20.3 Å². The fourth-order valence-electron chi connectivity index (χ4n) is 1.90. The van der Waals surface area contributed by atoms with E-state index in [4.69, 9.17) is 16.3 Å². The SMILES string of the molecule is CCCNC(CCCOC)c1cc(F)ccc1Cl. The summed E-state index contributed by atoms with van der Waals surface area (Å²) >= 11 is 6.14. The molecule has 2 nitrogen and oxygen atoms in total. The van der Waals surface area contributed by atoms with Gasteiger partial charge in [0.05, 0.1) is 0 Å². The number of halogens is 2. The summed E-state index contributed by atoms with van der Waals surface area (Å²) in [6.07, 6.45) is 2.84. The lowest BCUT2D eigenvalue weighted by Crippen LogP contribution is -2.23. The lowest BCUT2D eigenvalue weighted by atomic mass is 10.0. The van der Waals surface area contributed by atoms with Crippen molar-refractivity contribution in [2.24, 2.45) is 0 Å². The minimum absolute atomic E-state index is 0.0864. The highest BCUT2D eigenvalue weighted by Crippen LogP contribution is 2.27. The minimum Gasteiger partial charge on any atom is -0.385 e. The third-order valence-corrected chi connectivity index (χ3v) is 3.16. The third-order valence-electron chi connectivity index (χ3n) is 2.82. The average Bonchev–Trinajstić information content (AvgIpc) is 2.37. The van der Waals surface area contributed by atoms with Crippen molar-refractivity contribution in [2.75, 3.05) is 20.3 Å². The molecule has 1 aromatic carbocycles. The molecule has 0 saturated carbocycles. The first-order valence-electron chi connectivity index (χ1n) is 6.36. The monoisotopic (exact) mass is 273 g/mol. The molecule has 1 rings (SSSR count). The van der Waals surface area contributed by atoms with Crippen LogP contribution in [0.2, 0.25) is 5.02 Å². The molecule has 0 aliphatic rings. The van der Waals surface area contributed by atoms with E-state index in [0.29, 0.717) is 11.6 Å². The van der Waals surface area contributed by atoms with Gasteiger partial charge < -0.3 is 10.1 Å². The summed E-state index contributed by atoms with van der Waals surface area (Å²) in [6, 6.07) is 4.60. The van der Waals surface area contributed by atoms with Crippen LogP contribution in [0.1, 0.15) is 37.8 Å². The highest BCUT2D eigenvalue weighted by atomic mass is 35.5. The van der Waals surface area contributed by atoms with Crippen molar-refractivity contribution in [3.63, 3.8) is 0 Å². The molecule has 0 aliphatic heterocycles. The molecular formula is C14H21ClFNO. The molecule has 0 radical (unpaired) electrons. The molecule has 1 atom stereocenters. The Labute approximate surface area is 113 Å². The van der Waals surface area contributed by atoms with Crippen LogP contribution in [0.3, 0.4) is 0 Å². The number of ether oxygens (including phenoxy) is 1. The van der Waals surface area contributed by atoms with Gasteiger partial charge in [0.15, 0.2) is 0 Å². The molecule has 0 aliphatic carbocycles. The summed E-state index contributed by atoms with van der Waals surface area (Å²) < 4.78 is 18.4. The standard InChI is InChI=1S/C14H21ClFNO/c1-3-8-17-14(5-4-9-18-2)12-10-11(16)6-7-13(12)15/h6-7,10,14,17H,3-5,8-9H2,1-2H3. The maximum absolute atomic E-state index is 13.3. The van der Waals surface area contributed by atoms with Crippen LogP contribution < -0.4 is 5.32 Å². The van der Waals surface area contributed by atoms with Crippen molar-refractivity contribution in [1.82, 2.24) is 5.32 Å². The molecule has 18 heavy (non-hydrogen) atoms. The van der Waals surface area contributed by atoms with Gasteiger partial charge in [-0.05, 0) is 49.6 Å². The van der Waals surface area contributed by atoms with Gasteiger partial charge in [0.2, 0.25) is 0 Å². The molecule has 1 unspecified atom stereocenters. The highest BCUT2D eigenvalue weighted by Gasteiger charge is 2.14. The van der Waals surface area contributed by atoms with Crippen LogP contribution in [0.5, 0.6) is 0 Å². The Balaban J connectivity index is 2.75. The van der Waals surface area contributed by atoms with Crippen molar-refractivity contribution in [3.8, 4) is 0 Å². The predicted molar refractivity (Wildman–Crippen MR) is 73.6 cm³/mol. The fourth-order valence-corrected chi connectivity index (χ4v) is 2.15. The zero-order valence-electron chi connectivity index (χ0n) is 11.0. The van der Waals surface area contributed by atoms with Gasteiger partial charge in [0, 0.05) is 24.8 Å². The van der Waals surface area contributed by atoms with Crippen LogP contribution in [0.15, 0.2) is 18.2 Å². The summed E-state index contributed by atoms with van der Waals surface area (Å²) in [5, 5.41) is 4.02. The summed E-state index contributed by atoms with van der Waals surface area (Å²) in [5.74, 6) is -0.246. The van der Waals surface area contributed by atoms with Crippen molar-refractivity contribution in [1.29, 1.82) is 0 Å². The van der Waals surface area contributed by atoms with E-state index in [0.717, 1.165) is 31.4 Å². The average molecular weight is 274 g/mol. The van der Waals surface area contributed by atoms with Gasteiger partial charge in [0.1, 0.15) is 5.82 Å². The Morgan fingerprint density at radius 1 is 1.44 bits per heavy atom. The second-order valence-corrected chi connectivity index (χ2v) is 4.71. The van der Waals surface area contributed by atoms with E-state index in [1.165, 1.54) is 12.1 Å². The summed E-state index contributed by atoms with van der Waals surface area (Å²) in [4.78, 5) is 0. The van der Waals surface area contributed by atoms with Gasteiger partial charge in [-0.1, -0.05) is 18.5 Å². The van der Waals surface area contributed by atoms with Gasteiger partial charge >= 0.3 is 0 Å². The van der Waals surface area contributed by atoms with Gasteiger partial charge in [0.25, 0.3) is 0 Å². The molecule has 1 aromatic rings. The van der Waals surface area contributed by atoms with Crippen LogP contribution in [0, 0.1) is 5.82 Å². The molecule has 102 valence electrons. The Morgan fingerprint density at radius 2 is 2.22 bits per heavy atom. The van der Waals surface area contributed by atoms with E-state index in [1.54, 1.807) is 13.2 Å². The van der Waals surface area contributed by atoms with Gasteiger partial charge in [-0.15, -0.1) is 0 Å². The molecule has 0 spiro atoms. The first kappa shape index (κ1) is 15.4. The van der Waals surface area contributed by atoms with E-state index in [9.17, 15) is 4.39 Å². The predicted octanol–water partition coefficient (Wildman–Crippen LogP) is 3.95. The second-order valence-electron chi connectivity index (χ2n) is 4.31. The lowest BCUT2D eigenvalue weighted by molar-refractivity contribution is 0.188. The number of hydrogen-bond donors (Lipinski definition) is 1. The first-order chi connectivity index (χ1) is 8.69. The van der Waals surface area contributed by atoms with Crippen LogP contribution in [0.25, 0.3) is 0 Å². The van der Waals surface area contributed by atoms with Gasteiger partial charge in [-0.3, -0.25) is 0 Å². The molecule has 0 aromatic heterocycles. The fraction of sp³-hybridized carbons (Fsp3) is 0.571. The summed E-state index contributed by atoms with van der Waals surface area (Å²) in [7, 11) is 1.68. The first-order valence-corrected chi connectivity index (χ1v) is 6.74. The largest absolute Gasteiger partial charge is 0.385 e. The van der Waals surface area contributed by atoms with Crippen LogP contribution in [0.4, 0.5) is 4.39 Å². The third kappa shape index (κ3) is 4.92. The maximum Gasteiger partial charge on any atom is 0.123 e. The topological polar surface area (TPSA) is 21.3 Å². The number of rotatable bonds is 8. The zero-order chi connectivity index (χ0) is 13.4. The lowest BCUT2D eigenvalue weighted by Gasteiger charge is -2.20. The highest BCUT2D eigenvalue weighted by molar-refractivity contribution is 6.31. The Morgan fingerprint density at radius 3 is 2.89 bits per heavy atom. The molecule has 0 heterocycles. The minimum atomic E-state index is -0.246. The van der Waals surface area contributed by atoms with E-state index in [-0.39, 0.29) is 11.9 Å². The van der Waals surface area contributed by atoms with Crippen molar-refractivity contribution in [3.05, 3.63) is 34.6 Å². The zero-order valence-corrected chi connectivity index (χ0v) is 11.8. The number of nitrogens with one attached hydrogen (secondary N) is 1. The molecular weight excluding hydrogens is 253 g/mol. The Kier molecular flexibility index (Phi) is 7.25. The van der Waals surface area contributed by atoms with Crippen LogP contribution >= 0.6 is 11.6 Å². The van der Waals surface area contributed by atoms with Crippen molar-refractivity contribution >= 4 is 11.6 Å². The number of methoxy groups -OCH3 is 1. The van der Waals surface area contributed by atoms with Crippen molar-refractivity contribution in [2.45, 2.75) is 32.2 Å². The number of benzene rings is 1. The molecule has 4 heteroatoms. The van der Waals surface area contributed by atoms with E-state index in [2.05, 4.69) is 12.2 Å². The summed E-state index contributed by atoms with van der Waals surface area (Å²) in [5.41, 5.74) is 0.834. The number of hydrogen-bond acceptors (Lipinski definition) is 2. The molecule has 0 bridgehead atoms. The second kappa shape index (κ2) is 8.46. The van der Waals surface area contributed by atoms with E-state index >= 15 is 0 Å². The van der Waals surface area contributed by atoms with Gasteiger partial charge in [-0.2, -0.15) is 0 Å². The molecule has 0 fully saturated rings.